The van der Waals surface area contributed by atoms with E-state index in [0.29, 0.717) is 4.90 Å². The molecule has 1 aliphatic heterocycles. The van der Waals surface area contributed by atoms with Crippen LogP contribution in [0.4, 0.5) is 4.39 Å². The molecule has 1 saturated heterocycles. The number of carbonyl (C=O) groups is 1. The fourth-order valence-corrected chi connectivity index (χ4v) is 3.88. The monoisotopic (exact) mass is 344 g/mol. The first-order valence-corrected chi connectivity index (χ1v) is 9.09. The van der Waals surface area contributed by atoms with Gasteiger partial charge < -0.3 is 10.6 Å². The molecule has 0 spiro atoms. The van der Waals surface area contributed by atoms with Crippen molar-refractivity contribution in [3.05, 3.63) is 66.0 Å². The van der Waals surface area contributed by atoms with Crippen LogP contribution >= 0.6 is 11.8 Å². The Morgan fingerprint density at radius 1 is 1.17 bits per heavy atom. The van der Waals surface area contributed by atoms with Crippen LogP contribution in [0.2, 0.25) is 0 Å². The molecule has 2 atom stereocenters. The highest BCUT2D eigenvalue weighted by Crippen LogP contribution is 2.36. The van der Waals surface area contributed by atoms with Gasteiger partial charge in [0.2, 0.25) is 5.91 Å². The number of rotatable bonds is 5. The highest BCUT2D eigenvalue weighted by Gasteiger charge is 2.25. The van der Waals surface area contributed by atoms with Crippen molar-refractivity contribution in [2.24, 2.45) is 0 Å². The number of hydrogen-bond donors (Lipinski definition) is 2. The number of halogens is 1. The molecule has 126 valence electrons. The van der Waals surface area contributed by atoms with Crippen molar-refractivity contribution < 1.29 is 9.18 Å². The van der Waals surface area contributed by atoms with E-state index in [1.54, 1.807) is 18.2 Å². The van der Waals surface area contributed by atoms with Gasteiger partial charge in [-0.3, -0.25) is 4.79 Å². The van der Waals surface area contributed by atoms with E-state index in [-0.39, 0.29) is 17.8 Å². The molecule has 1 aliphatic rings. The third-order valence-electron chi connectivity index (χ3n) is 4.07. The summed E-state index contributed by atoms with van der Waals surface area (Å²) in [5.41, 5.74) is 0.882. The van der Waals surface area contributed by atoms with Gasteiger partial charge in [0.15, 0.2) is 0 Å². The van der Waals surface area contributed by atoms with Crippen LogP contribution in [0.1, 0.15) is 23.7 Å². The molecule has 3 rings (SSSR count). The molecule has 0 radical (unpaired) electrons. The summed E-state index contributed by atoms with van der Waals surface area (Å²) in [6.45, 7) is 1.79. The zero-order valence-electron chi connectivity index (χ0n) is 13.4. The van der Waals surface area contributed by atoms with Crippen molar-refractivity contribution in [2.75, 3.05) is 13.1 Å². The van der Waals surface area contributed by atoms with E-state index in [9.17, 15) is 9.18 Å². The molecule has 5 heteroatoms. The average Bonchev–Trinajstić information content (AvgIpc) is 2.62. The molecule has 0 aliphatic carbocycles. The van der Waals surface area contributed by atoms with Gasteiger partial charge in [-0.15, -0.1) is 11.8 Å². The van der Waals surface area contributed by atoms with Gasteiger partial charge in [-0.1, -0.05) is 42.5 Å². The lowest BCUT2D eigenvalue weighted by Gasteiger charge is -2.26. The molecule has 2 N–H and O–H groups in total. The number of hydrogen-bond acceptors (Lipinski definition) is 3. The molecule has 2 unspecified atom stereocenters. The SMILES string of the molecule is O=C(NC1CCCNC1)C(Sc1ccccc1F)c1ccccc1. The standard InChI is InChI=1S/C19H21FN2OS/c20-16-10-4-5-11-17(16)24-18(14-7-2-1-3-8-14)19(23)22-15-9-6-12-21-13-15/h1-5,7-8,10-11,15,18,21H,6,9,12-13H2,(H,22,23). The van der Waals surface area contributed by atoms with Gasteiger partial charge in [-0.05, 0) is 37.1 Å². The Kier molecular flexibility index (Phi) is 5.88. The van der Waals surface area contributed by atoms with Crippen molar-refractivity contribution in [3.63, 3.8) is 0 Å². The number of carbonyl (C=O) groups excluding carboxylic acids is 1. The summed E-state index contributed by atoms with van der Waals surface area (Å²) in [6.07, 6.45) is 2.03. The molecular formula is C19H21FN2OS. The molecule has 0 saturated carbocycles. The zero-order chi connectivity index (χ0) is 16.8. The van der Waals surface area contributed by atoms with Crippen LogP contribution in [0.3, 0.4) is 0 Å². The second-order valence-corrected chi connectivity index (χ2v) is 7.04. The maximum atomic E-state index is 14.0. The maximum absolute atomic E-state index is 14.0. The first kappa shape index (κ1) is 17.0. The molecule has 2 aromatic carbocycles. The fraction of sp³-hybridized carbons (Fsp3) is 0.316. The Hall–Kier alpha value is -1.85. The van der Waals surface area contributed by atoms with Crippen molar-refractivity contribution in [3.8, 4) is 0 Å². The average molecular weight is 344 g/mol. The topological polar surface area (TPSA) is 41.1 Å². The first-order valence-electron chi connectivity index (χ1n) is 8.21. The van der Waals surface area contributed by atoms with Crippen molar-refractivity contribution in [2.45, 2.75) is 29.0 Å². The summed E-state index contributed by atoms with van der Waals surface area (Å²) in [7, 11) is 0. The van der Waals surface area contributed by atoms with Gasteiger partial charge in [-0.2, -0.15) is 0 Å². The molecular weight excluding hydrogens is 323 g/mol. The van der Waals surface area contributed by atoms with Crippen LogP contribution in [0.15, 0.2) is 59.5 Å². The number of thioether (sulfide) groups is 1. The first-order chi connectivity index (χ1) is 11.7. The molecule has 0 bridgehead atoms. The highest BCUT2D eigenvalue weighted by molar-refractivity contribution is 8.00. The number of nitrogens with one attached hydrogen (secondary N) is 2. The van der Waals surface area contributed by atoms with Crippen molar-refractivity contribution in [1.29, 1.82) is 0 Å². The number of piperidine rings is 1. The van der Waals surface area contributed by atoms with E-state index in [4.69, 9.17) is 0 Å². The predicted molar refractivity (Wildman–Crippen MR) is 95.5 cm³/mol. The molecule has 3 nitrogen and oxygen atoms in total. The Labute approximate surface area is 146 Å². The minimum atomic E-state index is -0.468. The quantitative estimate of drug-likeness (QED) is 0.816. The largest absolute Gasteiger partial charge is 0.351 e. The molecule has 2 aromatic rings. The van der Waals surface area contributed by atoms with Crippen LogP contribution in [-0.4, -0.2) is 25.0 Å². The van der Waals surface area contributed by atoms with Gasteiger partial charge in [0.25, 0.3) is 0 Å². The lowest BCUT2D eigenvalue weighted by Crippen LogP contribution is -2.46. The van der Waals surface area contributed by atoms with Gasteiger partial charge in [0.1, 0.15) is 11.1 Å². The van der Waals surface area contributed by atoms with Crippen LogP contribution in [0.5, 0.6) is 0 Å². The van der Waals surface area contributed by atoms with E-state index in [1.165, 1.54) is 17.8 Å². The van der Waals surface area contributed by atoms with Gasteiger partial charge in [-0.25, -0.2) is 4.39 Å². The predicted octanol–water partition coefficient (Wildman–Crippen LogP) is 3.53. The Bertz CT molecular complexity index is 674. The van der Waals surface area contributed by atoms with E-state index >= 15 is 0 Å². The summed E-state index contributed by atoms with van der Waals surface area (Å²) >= 11 is 1.26. The number of benzene rings is 2. The fourth-order valence-electron chi connectivity index (χ4n) is 2.82. The minimum Gasteiger partial charge on any atom is -0.351 e. The van der Waals surface area contributed by atoms with Crippen LogP contribution in [0.25, 0.3) is 0 Å². The van der Waals surface area contributed by atoms with Crippen LogP contribution < -0.4 is 10.6 Å². The van der Waals surface area contributed by atoms with Gasteiger partial charge in [0.05, 0.1) is 0 Å². The van der Waals surface area contributed by atoms with Crippen LogP contribution in [-0.2, 0) is 4.79 Å². The summed E-state index contributed by atoms with van der Waals surface area (Å²) in [4.78, 5) is 13.3. The van der Waals surface area contributed by atoms with E-state index in [1.807, 2.05) is 30.3 Å². The van der Waals surface area contributed by atoms with E-state index in [0.717, 1.165) is 31.5 Å². The van der Waals surface area contributed by atoms with Crippen LogP contribution in [0, 0.1) is 5.82 Å². The second kappa shape index (κ2) is 8.31. The summed E-state index contributed by atoms with van der Waals surface area (Å²) in [5, 5.41) is 5.94. The highest BCUT2D eigenvalue weighted by atomic mass is 32.2. The molecule has 1 heterocycles. The normalized spacial score (nSPS) is 18.8. The third kappa shape index (κ3) is 4.36. The van der Waals surface area contributed by atoms with E-state index < -0.39 is 5.25 Å². The molecule has 0 aromatic heterocycles. The van der Waals surface area contributed by atoms with Crippen molar-refractivity contribution in [1.82, 2.24) is 10.6 Å². The molecule has 24 heavy (non-hydrogen) atoms. The van der Waals surface area contributed by atoms with Gasteiger partial charge in [0, 0.05) is 17.5 Å². The summed E-state index contributed by atoms with van der Waals surface area (Å²) < 4.78 is 14.0. The van der Waals surface area contributed by atoms with Crippen molar-refractivity contribution >= 4 is 17.7 Å². The molecule has 1 amide bonds. The minimum absolute atomic E-state index is 0.0665. The second-order valence-electron chi connectivity index (χ2n) is 5.89. The Morgan fingerprint density at radius 3 is 2.62 bits per heavy atom. The summed E-state index contributed by atoms with van der Waals surface area (Å²) in [6, 6.07) is 16.3. The smallest absolute Gasteiger partial charge is 0.238 e. The maximum Gasteiger partial charge on any atom is 0.238 e. The van der Waals surface area contributed by atoms with E-state index in [2.05, 4.69) is 10.6 Å². The zero-order valence-corrected chi connectivity index (χ0v) is 14.2. The lowest BCUT2D eigenvalue weighted by atomic mass is 10.1. The Morgan fingerprint density at radius 2 is 1.92 bits per heavy atom. The number of amides is 1. The third-order valence-corrected chi connectivity index (χ3v) is 5.37. The summed E-state index contributed by atoms with van der Waals surface area (Å²) in [5.74, 6) is -0.362. The lowest BCUT2D eigenvalue weighted by molar-refractivity contribution is -0.121. The Balaban J connectivity index is 1.79. The van der Waals surface area contributed by atoms with Gasteiger partial charge >= 0.3 is 0 Å². The molecule has 1 fully saturated rings.